The molecule has 10 nitrogen and oxygen atoms in total. The van der Waals surface area contributed by atoms with Crippen molar-refractivity contribution in [1.29, 1.82) is 0 Å². The molecule has 3 N–H and O–H groups in total. The van der Waals surface area contributed by atoms with E-state index in [0.717, 1.165) is 75.3 Å². The van der Waals surface area contributed by atoms with Gasteiger partial charge in [0.15, 0.2) is 0 Å². The fourth-order valence-electron chi connectivity index (χ4n) is 7.32. The predicted molar refractivity (Wildman–Crippen MR) is 204 cm³/mol. The molecule has 2 aliphatic rings. The molecule has 2 atom stereocenters. The van der Waals surface area contributed by atoms with Crippen LogP contribution in [-0.4, -0.2) is 83.4 Å². The van der Waals surface area contributed by atoms with E-state index in [1.165, 1.54) is 0 Å². The van der Waals surface area contributed by atoms with Gasteiger partial charge in [0.05, 0.1) is 26.2 Å². The van der Waals surface area contributed by atoms with E-state index < -0.39 is 5.97 Å². The second-order valence-electron chi connectivity index (χ2n) is 13.9. The number of anilines is 1. The van der Waals surface area contributed by atoms with Crippen LogP contribution in [0, 0.1) is 26.7 Å². The van der Waals surface area contributed by atoms with Gasteiger partial charge in [0.25, 0.3) is 5.91 Å². The van der Waals surface area contributed by atoms with Gasteiger partial charge in [-0.3, -0.25) is 24.4 Å². The monoisotopic (exact) mass is 704 g/mol. The average molecular weight is 705 g/mol. The van der Waals surface area contributed by atoms with E-state index in [1.54, 1.807) is 26.5 Å². The third-order valence-electron chi connectivity index (χ3n) is 10.4. The Morgan fingerprint density at radius 2 is 1.50 bits per heavy atom. The fourth-order valence-corrected chi connectivity index (χ4v) is 7.32. The number of aliphatic hydroxyl groups is 1. The molecule has 6 rings (SSSR count). The summed E-state index contributed by atoms with van der Waals surface area (Å²) in [5.74, 6) is 0.0155. The summed E-state index contributed by atoms with van der Waals surface area (Å²) in [5, 5.41) is 22.4. The summed E-state index contributed by atoms with van der Waals surface area (Å²) in [6.07, 6.45) is 7.01. The minimum absolute atomic E-state index is 0.262. The molecule has 3 heterocycles. The Bertz CT molecular complexity index is 1990. The number of ether oxygens (including phenoxy) is 2. The van der Waals surface area contributed by atoms with Crippen LogP contribution in [0.3, 0.4) is 0 Å². The van der Waals surface area contributed by atoms with Gasteiger partial charge in [-0.25, -0.2) is 0 Å². The van der Waals surface area contributed by atoms with E-state index in [0.29, 0.717) is 44.0 Å². The van der Waals surface area contributed by atoms with Crippen molar-refractivity contribution < 1.29 is 29.3 Å². The highest BCUT2D eigenvalue weighted by atomic mass is 16.5. The number of aryl methyl sites for hydroxylation is 1. The molecule has 1 amide bonds. The number of likely N-dealkylation sites (tertiary alicyclic amines) is 2. The number of aromatic nitrogens is 1. The molecule has 0 saturated carbocycles. The molecule has 2 aliphatic heterocycles. The first kappa shape index (κ1) is 36.8. The van der Waals surface area contributed by atoms with Crippen LogP contribution in [0.5, 0.6) is 11.5 Å². The molecule has 3 aromatic carbocycles. The number of amides is 1. The molecular formula is C42H48N4O6. The quantitative estimate of drug-likeness (QED) is 0.140. The van der Waals surface area contributed by atoms with Crippen LogP contribution in [0.2, 0.25) is 0 Å². The first-order chi connectivity index (χ1) is 25.0. The van der Waals surface area contributed by atoms with Crippen LogP contribution in [-0.2, 0) is 17.9 Å². The topological polar surface area (TPSA) is 124 Å². The first-order valence-electron chi connectivity index (χ1n) is 17.8. The summed E-state index contributed by atoms with van der Waals surface area (Å²) in [4.78, 5) is 33.7. The van der Waals surface area contributed by atoms with E-state index in [4.69, 9.17) is 9.47 Å². The number of aliphatic carboxylic acids is 1. The zero-order valence-corrected chi connectivity index (χ0v) is 30.6. The Balaban J connectivity index is 1.18. The lowest BCUT2D eigenvalue weighted by atomic mass is 9.92. The summed E-state index contributed by atoms with van der Waals surface area (Å²) >= 11 is 0. The van der Waals surface area contributed by atoms with Gasteiger partial charge < -0.3 is 25.0 Å². The summed E-state index contributed by atoms with van der Waals surface area (Å²) in [6, 6.07) is 18.0. The number of hydrogen-bond donors (Lipinski definition) is 3. The molecule has 2 fully saturated rings. The number of rotatable bonds is 12. The number of β-amino-alcohol motifs (C(OH)–C–C–N with tert-alkyl or cyclic N) is 1. The zero-order valence-electron chi connectivity index (χ0n) is 30.6. The maximum Gasteiger partial charge on any atom is 0.307 e. The second-order valence-corrected chi connectivity index (χ2v) is 13.9. The summed E-state index contributed by atoms with van der Waals surface area (Å²) < 4.78 is 11.4. The van der Waals surface area contributed by atoms with Crippen LogP contribution in [0.4, 0.5) is 5.69 Å². The van der Waals surface area contributed by atoms with Crippen molar-refractivity contribution in [1.82, 2.24) is 14.8 Å². The third-order valence-corrected chi connectivity index (χ3v) is 10.4. The number of nitrogens with zero attached hydrogens (tertiary/aromatic N) is 3. The van der Waals surface area contributed by atoms with Gasteiger partial charge in [-0.05, 0) is 91.2 Å². The van der Waals surface area contributed by atoms with Crippen molar-refractivity contribution in [3.05, 3.63) is 105 Å². The first-order valence-corrected chi connectivity index (χ1v) is 17.8. The lowest BCUT2D eigenvalue weighted by molar-refractivity contribution is -0.141. The number of nitrogens with one attached hydrogen (secondary N) is 1. The van der Waals surface area contributed by atoms with Gasteiger partial charge in [0, 0.05) is 61.8 Å². The van der Waals surface area contributed by atoms with Crippen LogP contribution >= 0.6 is 0 Å². The Labute approximate surface area is 305 Å². The van der Waals surface area contributed by atoms with E-state index in [1.807, 2.05) is 25.1 Å². The molecule has 272 valence electrons. The summed E-state index contributed by atoms with van der Waals surface area (Å²) in [5.41, 5.74) is 10.3. The minimum Gasteiger partial charge on any atom is -0.496 e. The number of carboxylic acids is 1. The van der Waals surface area contributed by atoms with Gasteiger partial charge in [0.1, 0.15) is 17.2 Å². The highest BCUT2D eigenvalue weighted by Crippen LogP contribution is 2.34. The number of carbonyl (C=O) groups excluding carboxylic acids is 1. The molecule has 52 heavy (non-hydrogen) atoms. The number of aliphatic hydroxyl groups excluding tert-OH is 1. The normalized spacial score (nSPS) is 17.9. The number of methoxy groups -OCH3 is 2. The third kappa shape index (κ3) is 8.20. The maximum atomic E-state index is 13.4. The van der Waals surface area contributed by atoms with Gasteiger partial charge in [-0.15, -0.1) is 0 Å². The predicted octanol–water partition coefficient (Wildman–Crippen LogP) is 6.59. The fraction of sp³-hybridized carbons (Fsp3) is 0.357. The molecule has 0 bridgehead atoms. The maximum absolute atomic E-state index is 13.4. The van der Waals surface area contributed by atoms with E-state index in [2.05, 4.69) is 76.4 Å². The number of hydrogen-bond acceptors (Lipinski definition) is 8. The number of pyridine rings is 1. The van der Waals surface area contributed by atoms with Crippen LogP contribution in [0.15, 0.2) is 60.8 Å². The smallest absolute Gasteiger partial charge is 0.307 e. The molecule has 10 heteroatoms. The highest BCUT2D eigenvalue weighted by molar-refractivity contribution is 6.04. The Morgan fingerprint density at radius 3 is 2.19 bits per heavy atom. The van der Waals surface area contributed by atoms with E-state index in [9.17, 15) is 19.8 Å². The van der Waals surface area contributed by atoms with Crippen molar-refractivity contribution in [2.24, 2.45) is 5.92 Å². The molecular weight excluding hydrogens is 656 g/mol. The van der Waals surface area contributed by atoms with Crippen LogP contribution in [0.1, 0.15) is 62.3 Å². The minimum atomic E-state index is -0.729. The molecule has 4 aromatic rings. The summed E-state index contributed by atoms with van der Waals surface area (Å²) in [7, 11) is 3.26. The highest BCUT2D eigenvalue weighted by Gasteiger charge is 2.28. The van der Waals surface area contributed by atoms with Gasteiger partial charge in [-0.1, -0.05) is 48.6 Å². The van der Waals surface area contributed by atoms with Crippen molar-refractivity contribution in [3.63, 3.8) is 0 Å². The number of carbonyl (C=O) groups is 2. The van der Waals surface area contributed by atoms with Crippen molar-refractivity contribution in [2.45, 2.75) is 52.8 Å². The van der Waals surface area contributed by atoms with E-state index >= 15 is 0 Å². The molecule has 1 aromatic heterocycles. The van der Waals surface area contributed by atoms with Crippen molar-refractivity contribution in [3.8, 4) is 22.6 Å². The standard InChI is InChI=1S/C42H48N4O6/c1-26-18-32(23-45-16-14-31(22-45)42(49)50)39(51-4)19-30(26)13-12-29-8-6-9-35(27(29)2)36-10-7-11-37(28(36)3)44-41(48)38-20-40(52-5)33(21-43-38)24-46-17-15-34(47)25-46/h6-13,18-21,31,34,47H,14-17,22-25H2,1-5H3,(H,44,48)(H,49,50)/b13-12+/t31-,34-/m1/s1. The van der Waals surface area contributed by atoms with Gasteiger partial charge in [0.2, 0.25) is 0 Å². The molecule has 0 aliphatic carbocycles. The van der Waals surface area contributed by atoms with E-state index in [-0.39, 0.29) is 23.6 Å². The summed E-state index contributed by atoms with van der Waals surface area (Å²) in [6.45, 7) is 10.2. The lowest BCUT2D eigenvalue weighted by Gasteiger charge is -2.19. The van der Waals surface area contributed by atoms with Crippen LogP contribution in [0.25, 0.3) is 23.3 Å². The second kappa shape index (κ2) is 16.1. The van der Waals surface area contributed by atoms with Gasteiger partial charge >= 0.3 is 5.97 Å². The molecule has 0 spiro atoms. The largest absolute Gasteiger partial charge is 0.496 e. The zero-order chi connectivity index (χ0) is 36.9. The average Bonchev–Trinajstić information content (AvgIpc) is 3.78. The molecule has 0 unspecified atom stereocenters. The van der Waals surface area contributed by atoms with Crippen LogP contribution < -0.4 is 14.8 Å². The molecule has 0 radical (unpaired) electrons. The number of carboxylic acid groups (broad SMARTS) is 1. The lowest BCUT2D eigenvalue weighted by Crippen LogP contribution is -2.23. The van der Waals surface area contributed by atoms with Gasteiger partial charge in [-0.2, -0.15) is 0 Å². The Hall–Kier alpha value is -5.03. The Kier molecular flexibility index (Phi) is 11.4. The SMILES string of the molecule is COc1cc(C(=O)Nc2cccc(-c3cccc(/C=C/c4cc(OC)c(CN5CC[C@@H](C(=O)O)C5)cc4C)c3C)c2C)ncc1CN1CC[C@@H](O)C1. The number of benzene rings is 3. The Morgan fingerprint density at radius 1 is 0.846 bits per heavy atom. The van der Waals surface area contributed by atoms with Crippen molar-refractivity contribution >= 4 is 29.7 Å². The van der Waals surface area contributed by atoms with Crippen molar-refractivity contribution in [2.75, 3.05) is 45.7 Å². The molecule has 2 saturated heterocycles.